The Kier molecular flexibility index (Phi) is 4.83. The van der Waals surface area contributed by atoms with Crippen molar-refractivity contribution in [1.29, 1.82) is 0 Å². The van der Waals surface area contributed by atoms with Crippen LogP contribution in [0.5, 0.6) is 0 Å². The highest BCUT2D eigenvalue weighted by Gasteiger charge is 2.37. The van der Waals surface area contributed by atoms with Crippen molar-refractivity contribution in [2.75, 3.05) is 18.6 Å². The molecule has 4 nitrogen and oxygen atoms in total. The van der Waals surface area contributed by atoms with Crippen LogP contribution in [0.1, 0.15) is 15.9 Å². The van der Waals surface area contributed by atoms with Crippen molar-refractivity contribution >= 4 is 52.2 Å². The van der Waals surface area contributed by atoms with E-state index in [-0.39, 0.29) is 0 Å². The lowest BCUT2D eigenvalue weighted by Crippen LogP contribution is -3.09. The molecule has 0 bridgehead atoms. The number of hydrogen-bond donors (Lipinski definition) is 1. The molecule has 124 valence electrons. The normalized spacial score (nSPS) is 14.9. The van der Waals surface area contributed by atoms with Gasteiger partial charge in [-0.1, -0.05) is 40.9 Å². The number of halogens is 3. The number of anilines is 1. The number of carbonyl (C=O) groups excluding carboxylic acids is 2. The Morgan fingerprint density at radius 3 is 2.46 bits per heavy atom. The van der Waals surface area contributed by atoms with Crippen molar-refractivity contribution in [3.05, 3.63) is 62.6 Å². The predicted octanol–water partition coefficient (Wildman–Crippen LogP) is 2.85. The predicted molar refractivity (Wildman–Crippen MR) is 95.2 cm³/mol. The first-order chi connectivity index (χ1) is 11.4. The van der Waals surface area contributed by atoms with Crippen LogP contribution in [-0.4, -0.2) is 25.4 Å². The maximum Gasteiger partial charge on any atom is 0.303 e. The second kappa shape index (κ2) is 6.73. The first-order valence-electron chi connectivity index (χ1n) is 7.28. The Bertz CT molecular complexity index is 839. The minimum absolute atomic E-state index is 0.356. The van der Waals surface area contributed by atoms with Crippen LogP contribution >= 0.6 is 34.8 Å². The molecule has 0 saturated carbocycles. The average Bonchev–Trinajstić information content (AvgIpc) is 2.76. The van der Waals surface area contributed by atoms with Gasteiger partial charge in [0.2, 0.25) is 0 Å². The molecule has 0 aliphatic carbocycles. The van der Waals surface area contributed by atoms with Gasteiger partial charge >= 0.3 is 5.91 Å². The van der Waals surface area contributed by atoms with E-state index in [1.54, 1.807) is 24.3 Å². The first kappa shape index (κ1) is 17.2. The lowest BCUT2D eigenvalue weighted by atomic mass is 10.1. The van der Waals surface area contributed by atoms with Crippen LogP contribution < -0.4 is 9.80 Å². The molecule has 1 aliphatic rings. The number of ketones is 1. The summed E-state index contributed by atoms with van der Waals surface area (Å²) in [6, 6.07) is 10.3. The van der Waals surface area contributed by atoms with Gasteiger partial charge in [0.1, 0.15) is 6.54 Å². The highest BCUT2D eigenvalue weighted by Crippen LogP contribution is 2.30. The van der Waals surface area contributed by atoms with E-state index in [1.165, 1.54) is 11.0 Å². The van der Waals surface area contributed by atoms with Gasteiger partial charge in [0.25, 0.3) is 5.78 Å². The topological polar surface area (TPSA) is 41.8 Å². The number of rotatable bonds is 4. The summed E-state index contributed by atoms with van der Waals surface area (Å²) in [5.74, 6) is -1.05. The molecule has 1 atom stereocenters. The van der Waals surface area contributed by atoms with Gasteiger partial charge in [-0.2, -0.15) is 0 Å². The van der Waals surface area contributed by atoms with Crippen molar-refractivity contribution in [3.63, 3.8) is 0 Å². The van der Waals surface area contributed by atoms with E-state index in [0.29, 0.717) is 39.5 Å². The highest BCUT2D eigenvalue weighted by atomic mass is 35.5. The molecule has 24 heavy (non-hydrogen) atoms. The first-order valence-corrected chi connectivity index (χ1v) is 8.41. The molecule has 1 N–H and O–H groups in total. The van der Waals surface area contributed by atoms with Crippen LogP contribution in [0.4, 0.5) is 5.69 Å². The molecule has 2 aromatic carbocycles. The molecule has 3 rings (SSSR count). The van der Waals surface area contributed by atoms with Crippen LogP contribution in [0.15, 0.2) is 36.4 Å². The van der Waals surface area contributed by atoms with Crippen LogP contribution in [0.3, 0.4) is 0 Å². The summed E-state index contributed by atoms with van der Waals surface area (Å²) >= 11 is 17.9. The monoisotopic (exact) mass is 383 g/mol. The van der Waals surface area contributed by atoms with Crippen LogP contribution in [0, 0.1) is 0 Å². The summed E-state index contributed by atoms with van der Waals surface area (Å²) in [4.78, 5) is 26.8. The highest BCUT2D eigenvalue weighted by molar-refractivity contribution is 6.52. The maximum atomic E-state index is 12.2. The van der Waals surface area contributed by atoms with E-state index in [9.17, 15) is 9.59 Å². The molecule has 0 aromatic heterocycles. The van der Waals surface area contributed by atoms with Gasteiger partial charge in [0.05, 0.1) is 28.3 Å². The smallest absolute Gasteiger partial charge is 0.303 e. The summed E-state index contributed by atoms with van der Waals surface area (Å²) < 4.78 is 0. The van der Waals surface area contributed by atoms with Gasteiger partial charge in [-0.05, 0) is 30.3 Å². The van der Waals surface area contributed by atoms with E-state index >= 15 is 0 Å². The molecule has 1 unspecified atom stereocenters. The standard InChI is InChI=1S/C17H13Cl3N2O2/c1-21(8-10-2-4-13(19)14(20)6-10)9-22-15-5-3-11(18)7-12(15)16(23)17(22)24/h2-7H,8-9H2,1H3/p+1. The SMILES string of the molecule is C[NH+](Cc1ccc(Cl)c(Cl)c1)CN1C(=O)C(=O)c2cc(Cl)ccc21. The van der Waals surface area contributed by atoms with Crippen LogP contribution in [-0.2, 0) is 11.3 Å². The Balaban J connectivity index is 1.77. The lowest BCUT2D eigenvalue weighted by Gasteiger charge is -2.22. The van der Waals surface area contributed by atoms with Crippen molar-refractivity contribution < 1.29 is 14.5 Å². The fourth-order valence-electron chi connectivity index (χ4n) is 2.75. The lowest BCUT2D eigenvalue weighted by molar-refractivity contribution is -0.892. The number of fused-ring (bicyclic) bond motifs is 1. The molecule has 0 fully saturated rings. The second-order valence-electron chi connectivity index (χ2n) is 5.76. The summed E-state index contributed by atoms with van der Waals surface area (Å²) in [5, 5.41) is 1.44. The molecular formula is C17H14Cl3N2O2+. The molecule has 2 aromatic rings. The molecule has 0 spiro atoms. The van der Waals surface area contributed by atoms with Crippen LogP contribution in [0.25, 0.3) is 0 Å². The third-order valence-corrected chi connectivity index (χ3v) is 4.83. The zero-order valence-electron chi connectivity index (χ0n) is 12.8. The molecular weight excluding hydrogens is 371 g/mol. The fourth-order valence-corrected chi connectivity index (χ4v) is 3.25. The van der Waals surface area contributed by atoms with E-state index in [2.05, 4.69) is 0 Å². The van der Waals surface area contributed by atoms with Gasteiger partial charge < -0.3 is 4.90 Å². The minimum atomic E-state index is -0.527. The van der Waals surface area contributed by atoms with E-state index in [4.69, 9.17) is 34.8 Å². The number of hydrogen-bond acceptors (Lipinski definition) is 2. The largest absolute Gasteiger partial charge is 0.316 e. The van der Waals surface area contributed by atoms with Gasteiger partial charge in [-0.3, -0.25) is 14.5 Å². The second-order valence-corrected chi connectivity index (χ2v) is 7.02. The zero-order valence-corrected chi connectivity index (χ0v) is 15.0. The fraction of sp³-hybridized carbons (Fsp3) is 0.176. The Morgan fingerprint density at radius 2 is 1.75 bits per heavy atom. The number of nitrogens with zero attached hydrogens (tertiary/aromatic N) is 1. The number of quaternary nitrogens is 1. The van der Waals surface area contributed by atoms with E-state index in [1.807, 2.05) is 13.1 Å². The molecule has 1 aliphatic heterocycles. The van der Waals surface area contributed by atoms with Gasteiger partial charge in [-0.25, -0.2) is 0 Å². The number of carbonyl (C=O) groups is 2. The Hall–Kier alpha value is -1.59. The average molecular weight is 385 g/mol. The Morgan fingerprint density at radius 1 is 1.00 bits per heavy atom. The summed E-state index contributed by atoms with van der Waals surface area (Å²) in [6.07, 6.45) is 0. The molecule has 7 heteroatoms. The van der Waals surface area contributed by atoms with Gasteiger partial charge in [0.15, 0.2) is 6.67 Å². The van der Waals surface area contributed by atoms with Gasteiger partial charge in [-0.15, -0.1) is 0 Å². The number of nitrogens with one attached hydrogen (secondary N) is 1. The third kappa shape index (κ3) is 3.28. The van der Waals surface area contributed by atoms with Crippen molar-refractivity contribution in [2.45, 2.75) is 6.54 Å². The maximum absolute atomic E-state index is 12.2. The molecule has 0 radical (unpaired) electrons. The van der Waals surface area contributed by atoms with Crippen molar-refractivity contribution in [3.8, 4) is 0 Å². The summed E-state index contributed by atoms with van der Waals surface area (Å²) in [5.41, 5.74) is 1.95. The molecule has 1 amide bonds. The van der Waals surface area contributed by atoms with Crippen LogP contribution in [0.2, 0.25) is 15.1 Å². The summed E-state index contributed by atoms with van der Waals surface area (Å²) in [6.45, 7) is 0.997. The molecule has 0 saturated heterocycles. The van der Waals surface area contributed by atoms with E-state index < -0.39 is 11.7 Å². The van der Waals surface area contributed by atoms with Crippen molar-refractivity contribution in [1.82, 2.24) is 0 Å². The summed E-state index contributed by atoms with van der Waals surface area (Å²) in [7, 11) is 1.94. The minimum Gasteiger partial charge on any atom is -0.316 e. The third-order valence-electron chi connectivity index (χ3n) is 3.85. The number of benzene rings is 2. The van der Waals surface area contributed by atoms with Crippen molar-refractivity contribution in [2.24, 2.45) is 0 Å². The number of amides is 1. The number of Topliss-reactive ketones (excluding diaryl/α,β-unsaturated/α-hetero) is 1. The molecule has 1 heterocycles. The van der Waals surface area contributed by atoms with E-state index in [0.717, 1.165) is 10.5 Å². The zero-order chi connectivity index (χ0) is 17.4. The Labute approximate surface area is 154 Å². The quantitative estimate of drug-likeness (QED) is 0.824. The van der Waals surface area contributed by atoms with Gasteiger partial charge in [0, 0.05) is 10.6 Å².